The number of hydrogen-bond donors (Lipinski definition) is 1. The first-order valence-corrected chi connectivity index (χ1v) is 6.58. The molecule has 0 radical (unpaired) electrons. The van der Waals surface area contributed by atoms with Gasteiger partial charge in [0.1, 0.15) is 0 Å². The third-order valence-electron chi connectivity index (χ3n) is 2.39. The Morgan fingerprint density at radius 3 is 2.53 bits per heavy atom. The van der Waals surface area contributed by atoms with Crippen molar-refractivity contribution in [3.63, 3.8) is 0 Å². The maximum atomic E-state index is 6.18. The molecule has 88 valence electrons. The fourth-order valence-electron chi connectivity index (χ4n) is 1.56. The third-order valence-corrected chi connectivity index (χ3v) is 4.01. The highest BCUT2D eigenvalue weighted by Gasteiger charge is 2.13. The van der Waals surface area contributed by atoms with Crippen LogP contribution in [0.3, 0.4) is 0 Å². The molecule has 1 aromatic carbocycles. The van der Waals surface area contributed by atoms with Gasteiger partial charge in [-0.1, -0.05) is 29.8 Å². The topological polar surface area (TPSA) is 38.9 Å². The molecule has 17 heavy (non-hydrogen) atoms. The molecule has 0 bridgehead atoms. The molecule has 0 spiro atoms. The number of rotatable bonds is 4. The minimum atomic E-state index is 0.172. The normalized spacial score (nSPS) is 12.4. The molecule has 0 fully saturated rings. The number of pyridine rings is 1. The van der Waals surface area contributed by atoms with Crippen LogP contribution in [0.1, 0.15) is 10.8 Å². The van der Waals surface area contributed by atoms with Crippen LogP contribution < -0.4 is 5.73 Å². The van der Waals surface area contributed by atoms with E-state index in [0.29, 0.717) is 6.54 Å². The van der Waals surface area contributed by atoms with Crippen molar-refractivity contribution in [2.45, 2.75) is 10.1 Å². The maximum absolute atomic E-state index is 6.18. The number of benzene rings is 1. The van der Waals surface area contributed by atoms with Crippen molar-refractivity contribution in [3.05, 3.63) is 59.4 Å². The average molecular weight is 265 g/mol. The lowest BCUT2D eigenvalue weighted by Gasteiger charge is -2.16. The number of halogens is 1. The molecule has 0 saturated heterocycles. The smallest absolute Gasteiger partial charge is 0.0481 e. The van der Waals surface area contributed by atoms with Crippen LogP contribution in [-0.2, 0) is 0 Å². The van der Waals surface area contributed by atoms with E-state index in [0.717, 1.165) is 15.5 Å². The van der Waals surface area contributed by atoms with Gasteiger partial charge >= 0.3 is 0 Å². The molecule has 2 N–H and O–H groups in total. The molecule has 2 nitrogen and oxygen atoms in total. The van der Waals surface area contributed by atoms with Gasteiger partial charge in [-0.15, -0.1) is 11.8 Å². The standard InChI is InChI=1S/C13H13ClN2S/c14-12-4-2-1-3-11(12)13(9-15)17-10-5-7-16-8-6-10/h1-8,13H,9,15H2. The number of thioether (sulfide) groups is 1. The SMILES string of the molecule is NCC(Sc1ccncc1)c1ccccc1Cl. The Bertz CT molecular complexity index is 476. The molecule has 1 aromatic heterocycles. The lowest BCUT2D eigenvalue weighted by atomic mass is 10.1. The maximum Gasteiger partial charge on any atom is 0.0481 e. The van der Waals surface area contributed by atoms with Crippen molar-refractivity contribution >= 4 is 23.4 Å². The molecular formula is C13H13ClN2S. The Morgan fingerprint density at radius 2 is 1.88 bits per heavy atom. The van der Waals surface area contributed by atoms with Crippen LogP contribution in [0.25, 0.3) is 0 Å². The first kappa shape index (κ1) is 12.4. The largest absolute Gasteiger partial charge is 0.329 e. The Hall–Kier alpha value is -1.03. The van der Waals surface area contributed by atoms with Crippen LogP contribution in [0, 0.1) is 0 Å². The summed E-state index contributed by atoms with van der Waals surface area (Å²) in [5.41, 5.74) is 6.91. The highest BCUT2D eigenvalue weighted by atomic mass is 35.5. The lowest BCUT2D eigenvalue weighted by Crippen LogP contribution is -2.09. The highest BCUT2D eigenvalue weighted by molar-refractivity contribution is 7.99. The molecule has 0 saturated carbocycles. The minimum absolute atomic E-state index is 0.172. The molecule has 4 heteroatoms. The number of hydrogen-bond acceptors (Lipinski definition) is 3. The third kappa shape index (κ3) is 3.22. The molecule has 2 aromatic rings. The quantitative estimate of drug-likeness (QED) is 0.859. The van der Waals surface area contributed by atoms with Crippen molar-refractivity contribution in [1.82, 2.24) is 4.98 Å². The summed E-state index contributed by atoms with van der Waals surface area (Å²) in [7, 11) is 0. The Labute approximate surface area is 110 Å². The van der Waals surface area contributed by atoms with E-state index >= 15 is 0 Å². The molecule has 0 aliphatic heterocycles. The van der Waals surface area contributed by atoms with Gasteiger partial charge in [0.25, 0.3) is 0 Å². The number of nitrogens with two attached hydrogens (primary N) is 1. The van der Waals surface area contributed by atoms with Gasteiger partial charge in [-0.3, -0.25) is 4.98 Å². The Kier molecular flexibility index (Phi) is 4.42. The Balaban J connectivity index is 2.21. The van der Waals surface area contributed by atoms with Crippen LogP contribution in [-0.4, -0.2) is 11.5 Å². The fourth-order valence-corrected chi connectivity index (χ4v) is 2.92. The summed E-state index contributed by atoms with van der Waals surface area (Å²) in [4.78, 5) is 5.15. The van der Waals surface area contributed by atoms with Gasteiger partial charge in [0.05, 0.1) is 0 Å². The fraction of sp³-hybridized carbons (Fsp3) is 0.154. The summed E-state index contributed by atoms with van der Waals surface area (Å²) in [6.45, 7) is 0.552. The molecule has 0 aliphatic carbocycles. The van der Waals surface area contributed by atoms with Crippen LogP contribution >= 0.6 is 23.4 Å². The summed E-state index contributed by atoms with van der Waals surface area (Å²) >= 11 is 7.89. The van der Waals surface area contributed by atoms with Crippen molar-refractivity contribution in [2.24, 2.45) is 5.73 Å². The van der Waals surface area contributed by atoms with Crippen molar-refractivity contribution in [1.29, 1.82) is 0 Å². The van der Waals surface area contributed by atoms with E-state index in [1.165, 1.54) is 0 Å². The summed E-state index contributed by atoms with van der Waals surface area (Å²) in [5.74, 6) is 0. The summed E-state index contributed by atoms with van der Waals surface area (Å²) in [5, 5.41) is 0.940. The van der Waals surface area contributed by atoms with E-state index in [-0.39, 0.29) is 5.25 Å². The zero-order valence-corrected chi connectivity index (χ0v) is 10.8. The monoisotopic (exact) mass is 264 g/mol. The molecule has 1 atom stereocenters. The van der Waals surface area contributed by atoms with E-state index in [4.69, 9.17) is 17.3 Å². The van der Waals surface area contributed by atoms with Crippen molar-refractivity contribution in [3.8, 4) is 0 Å². The van der Waals surface area contributed by atoms with E-state index < -0.39 is 0 Å². The van der Waals surface area contributed by atoms with Crippen molar-refractivity contribution in [2.75, 3.05) is 6.54 Å². The summed E-state index contributed by atoms with van der Waals surface area (Å²) < 4.78 is 0. The van der Waals surface area contributed by atoms with E-state index in [1.807, 2.05) is 36.4 Å². The number of nitrogens with zero attached hydrogens (tertiary/aromatic N) is 1. The second-order valence-electron chi connectivity index (χ2n) is 3.55. The summed E-state index contributed by atoms with van der Waals surface area (Å²) in [6, 6.07) is 11.8. The Morgan fingerprint density at radius 1 is 1.18 bits per heavy atom. The van der Waals surface area contributed by atoms with Crippen LogP contribution in [0.15, 0.2) is 53.7 Å². The van der Waals surface area contributed by atoms with Gasteiger partial charge in [-0.25, -0.2) is 0 Å². The zero-order chi connectivity index (χ0) is 12.1. The molecule has 0 amide bonds. The predicted octanol–water partition coefficient (Wildman–Crippen LogP) is 3.53. The van der Waals surface area contributed by atoms with E-state index in [2.05, 4.69) is 4.98 Å². The van der Waals surface area contributed by atoms with Crippen LogP contribution in [0.4, 0.5) is 0 Å². The van der Waals surface area contributed by atoms with Gasteiger partial charge in [0.2, 0.25) is 0 Å². The first-order chi connectivity index (χ1) is 8.31. The second-order valence-corrected chi connectivity index (χ2v) is 5.23. The van der Waals surface area contributed by atoms with Crippen LogP contribution in [0.5, 0.6) is 0 Å². The second kappa shape index (κ2) is 6.05. The van der Waals surface area contributed by atoms with E-state index in [9.17, 15) is 0 Å². The number of aromatic nitrogens is 1. The van der Waals surface area contributed by atoms with Crippen molar-refractivity contribution < 1.29 is 0 Å². The van der Waals surface area contributed by atoms with Gasteiger partial charge in [-0.2, -0.15) is 0 Å². The molecule has 1 unspecified atom stereocenters. The lowest BCUT2D eigenvalue weighted by molar-refractivity contribution is 0.941. The van der Waals surface area contributed by atoms with Gasteiger partial charge in [-0.05, 0) is 23.8 Å². The van der Waals surface area contributed by atoms with Gasteiger partial charge < -0.3 is 5.73 Å². The van der Waals surface area contributed by atoms with Gasteiger partial charge in [0.15, 0.2) is 0 Å². The molecule has 1 heterocycles. The van der Waals surface area contributed by atoms with Crippen LogP contribution in [0.2, 0.25) is 5.02 Å². The zero-order valence-electron chi connectivity index (χ0n) is 9.21. The molecule has 2 rings (SSSR count). The predicted molar refractivity (Wildman–Crippen MR) is 73.3 cm³/mol. The molecular weight excluding hydrogens is 252 g/mol. The summed E-state index contributed by atoms with van der Waals surface area (Å²) in [6.07, 6.45) is 3.56. The highest BCUT2D eigenvalue weighted by Crippen LogP contribution is 2.37. The van der Waals surface area contributed by atoms with Gasteiger partial charge in [0, 0.05) is 34.1 Å². The van der Waals surface area contributed by atoms with E-state index in [1.54, 1.807) is 24.2 Å². The minimum Gasteiger partial charge on any atom is -0.329 e. The average Bonchev–Trinajstić information content (AvgIpc) is 2.38. The first-order valence-electron chi connectivity index (χ1n) is 5.32. The molecule has 0 aliphatic rings.